The summed E-state index contributed by atoms with van der Waals surface area (Å²) in [6, 6.07) is 0. The number of halogens is 5. The van der Waals surface area contributed by atoms with Gasteiger partial charge in [0.05, 0.1) is 4.92 Å². The van der Waals surface area contributed by atoms with Crippen LogP contribution in [-0.4, -0.2) is 40.1 Å². The van der Waals surface area contributed by atoms with Crippen LogP contribution in [0.5, 0.6) is 5.88 Å². The van der Waals surface area contributed by atoms with Crippen molar-refractivity contribution in [1.82, 2.24) is 9.97 Å². The molecule has 0 aliphatic heterocycles. The molecule has 0 saturated heterocycles. The Morgan fingerprint density at radius 2 is 1.95 bits per heavy atom. The van der Waals surface area contributed by atoms with E-state index < -0.39 is 35.2 Å². The van der Waals surface area contributed by atoms with Crippen molar-refractivity contribution in [2.45, 2.75) is 19.0 Å². The number of anilines is 1. The standard InChI is InChI=1S/C9H9F5N4O3/c1-2-15-6-5(18(19)20)7(17-4-16-6)21-3-8(10,11)9(12,13)14/h4H,2-3H2,1H3,(H,15,16,17). The second kappa shape index (κ2) is 6.01. The van der Waals surface area contributed by atoms with E-state index in [0.717, 1.165) is 6.33 Å². The number of nitrogens with one attached hydrogen (secondary N) is 1. The Morgan fingerprint density at radius 3 is 2.43 bits per heavy atom. The maximum absolute atomic E-state index is 12.7. The molecule has 12 heteroatoms. The minimum atomic E-state index is -5.83. The lowest BCUT2D eigenvalue weighted by Crippen LogP contribution is -2.41. The molecule has 1 heterocycles. The first-order valence-corrected chi connectivity index (χ1v) is 5.40. The van der Waals surface area contributed by atoms with Crippen molar-refractivity contribution >= 4 is 11.5 Å². The lowest BCUT2D eigenvalue weighted by atomic mass is 10.3. The third kappa shape index (κ3) is 3.86. The molecule has 1 N–H and O–H groups in total. The smallest absolute Gasteiger partial charge is 0.456 e. The van der Waals surface area contributed by atoms with E-state index in [1.54, 1.807) is 6.92 Å². The van der Waals surface area contributed by atoms with Crippen molar-refractivity contribution < 1.29 is 31.6 Å². The molecule has 7 nitrogen and oxygen atoms in total. The van der Waals surface area contributed by atoms with E-state index in [1.807, 2.05) is 0 Å². The zero-order valence-corrected chi connectivity index (χ0v) is 10.4. The molecule has 1 aromatic rings. The molecule has 0 fully saturated rings. The van der Waals surface area contributed by atoms with Crippen LogP contribution in [0.3, 0.4) is 0 Å². The first-order chi connectivity index (χ1) is 9.60. The van der Waals surface area contributed by atoms with Gasteiger partial charge in [0.25, 0.3) is 5.88 Å². The second-order valence-corrected chi connectivity index (χ2v) is 3.65. The average Bonchev–Trinajstić information content (AvgIpc) is 2.35. The molecule has 0 radical (unpaired) electrons. The quantitative estimate of drug-likeness (QED) is 0.492. The second-order valence-electron chi connectivity index (χ2n) is 3.65. The predicted molar refractivity (Wildman–Crippen MR) is 59.3 cm³/mol. The van der Waals surface area contributed by atoms with Gasteiger partial charge in [-0.2, -0.15) is 26.9 Å². The van der Waals surface area contributed by atoms with Gasteiger partial charge in [0.2, 0.25) is 5.82 Å². The van der Waals surface area contributed by atoms with Gasteiger partial charge in [-0.15, -0.1) is 0 Å². The number of hydrogen-bond donors (Lipinski definition) is 1. The van der Waals surface area contributed by atoms with E-state index in [4.69, 9.17) is 0 Å². The van der Waals surface area contributed by atoms with Crippen molar-refractivity contribution in [2.24, 2.45) is 0 Å². The van der Waals surface area contributed by atoms with Crippen LogP contribution in [0, 0.1) is 10.1 Å². The zero-order chi connectivity index (χ0) is 16.3. The molecule has 21 heavy (non-hydrogen) atoms. The molecule has 0 amide bonds. The lowest BCUT2D eigenvalue weighted by Gasteiger charge is -2.19. The summed E-state index contributed by atoms with van der Waals surface area (Å²) >= 11 is 0. The van der Waals surface area contributed by atoms with Gasteiger partial charge in [0.15, 0.2) is 6.61 Å². The number of ether oxygens (including phenoxy) is 1. The van der Waals surface area contributed by atoms with Gasteiger partial charge >= 0.3 is 17.8 Å². The number of hydrogen-bond acceptors (Lipinski definition) is 6. The summed E-state index contributed by atoms with van der Waals surface area (Å²) in [4.78, 5) is 16.5. The van der Waals surface area contributed by atoms with Gasteiger partial charge in [-0.1, -0.05) is 0 Å². The Bertz CT molecular complexity index is 523. The van der Waals surface area contributed by atoms with E-state index in [2.05, 4.69) is 20.0 Å². The highest BCUT2D eigenvalue weighted by Gasteiger charge is 2.58. The van der Waals surface area contributed by atoms with E-state index >= 15 is 0 Å². The molecule has 0 bridgehead atoms. The minimum absolute atomic E-state index is 0.204. The minimum Gasteiger partial charge on any atom is -0.466 e. The highest BCUT2D eigenvalue weighted by Crippen LogP contribution is 2.37. The molecule has 0 aliphatic rings. The van der Waals surface area contributed by atoms with Crippen LogP contribution in [0.2, 0.25) is 0 Å². The first-order valence-electron chi connectivity index (χ1n) is 5.40. The Kier molecular flexibility index (Phi) is 4.80. The van der Waals surface area contributed by atoms with E-state index in [1.165, 1.54) is 0 Å². The Balaban J connectivity index is 3.04. The van der Waals surface area contributed by atoms with Gasteiger partial charge in [0.1, 0.15) is 6.33 Å². The summed E-state index contributed by atoms with van der Waals surface area (Å²) in [7, 11) is 0. The molecule has 1 rings (SSSR count). The lowest BCUT2D eigenvalue weighted by molar-refractivity contribution is -0.385. The summed E-state index contributed by atoms with van der Waals surface area (Å²) < 4.78 is 65.6. The average molecular weight is 316 g/mol. The SMILES string of the molecule is CCNc1ncnc(OCC(F)(F)C(F)(F)F)c1[N+](=O)[O-]. The van der Waals surface area contributed by atoms with Crippen LogP contribution in [0.1, 0.15) is 6.92 Å². The van der Waals surface area contributed by atoms with E-state index in [-0.39, 0.29) is 12.4 Å². The van der Waals surface area contributed by atoms with Crippen LogP contribution >= 0.6 is 0 Å². The summed E-state index contributed by atoms with van der Waals surface area (Å²) in [5, 5.41) is 13.3. The van der Waals surface area contributed by atoms with Crippen LogP contribution in [0.25, 0.3) is 0 Å². The number of nitro groups is 1. The van der Waals surface area contributed by atoms with Crippen molar-refractivity contribution in [2.75, 3.05) is 18.5 Å². The fourth-order valence-electron chi connectivity index (χ4n) is 1.17. The highest BCUT2D eigenvalue weighted by atomic mass is 19.4. The molecule has 0 aliphatic carbocycles. The summed E-state index contributed by atoms with van der Waals surface area (Å²) in [6.45, 7) is -0.347. The van der Waals surface area contributed by atoms with Crippen LogP contribution < -0.4 is 10.1 Å². The Hall–Kier alpha value is -2.27. The molecule has 0 unspecified atom stereocenters. The van der Waals surface area contributed by atoms with Crippen molar-refractivity contribution in [3.8, 4) is 5.88 Å². The number of aromatic nitrogens is 2. The summed E-state index contributed by atoms with van der Waals surface area (Å²) in [6.07, 6.45) is -5.09. The maximum atomic E-state index is 12.7. The van der Waals surface area contributed by atoms with Crippen molar-refractivity contribution in [3.63, 3.8) is 0 Å². The van der Waals surface area contributed by atoms with Crippen molar-refractivity contribution in [1.29, 1.82) is 0 Å². The summed E-state index contributed by atoms with van der Waals surface area (Å²) in [5.74, 6) is -6.48. The van der Waals surface area contributed by atoms with Crippen LogP contribution in [0.4, 0.5) is 33.5 Å². The molecule has 0 spiro atoms. The largest absolute Gasteiger partial charge is 0.466 e. The fourth-order valence-corrected chi connectivity index (χ4v) is 1.17. The molecular weight excluding hydrogens is 307 g/mol. The summed E-state index contributed by atoms with van der Waals surface area (Å²) in [5.41, 5.74) is -0.919. The van der Waals surface area contributed by atoms with Crippen LogP contribution in [0.15, 0.2) is 6.33 Å². The molecule has 118 valence electrons. The van der Waals surface area contributed by atoms with Gasteiger partial charge in [-0.05, 0) is 6.92 Å². The molecule has 0 saturated carbocycles. The fraction of sp³-hybridized carbons (Fsp3) is 0.556. The van der Waals surface area contributed by atoms with E-state index in [0.29, 0.717) is 0 Å². The van der Waals surface area contributed by atoms with Gasteiger partial charge in [-0.25, -0.2) is 4.98 Å². The topological polar surface area (TPSA) is 90.2 Å². The molecule has 0 aromatic carbocycles. The van der Waals surface area contributed by atoms with E-state index in [9.17, 15) is 32.1 Å². The number of alkyl halides is 5. The van der Waals surface area contributed by atoms with Crippen LogP contribution in [-0.2, 0) is 0 Å². The third-order valence-corrected chi connectivity index (χ3v) is 2.12. The number of rotatable bonds is 6. The normalized spacial score (nSPS) is 12.1. The molecule has 1 aromatic heterocycles. The zero-order valence-electron chi connectivity index (χ0n) is 10.4. The van der Waals surface area contributed by atoms with Gasteiger partial charge in [0, 0.05) is 6.54 Å². The van der Waals surface area contributed by atoms with Gasteiger partial charge in [-0.3, -0.25) is 10.1 Å². The van der Waals surface area contributed by atoms with Crippen molar-refractivity contribution in [3.05, 3.63) is 16.4 Å². The Morgan fingerprint density at radius 1 is 1.33 bits per heavy atom. The predicted octanol–water partition coefficient (Wildman–Crippen LogP) is 2.39. The monoisotopic (exact) mass is 316 g/mol. The third-order valence-electron chi connectivity index (χ3n) is 2.12. The highest BCUT2D eigenvalue weighted by molar-refractivity contribution is 5.60. The molecular formula is C9H9F5N4O3. The van der Waals surface area contributed by atoms with Gasteiger partial charge < -0.3 is 10.1 Å². The molecule has 0 atom stereocenters. The first kappa shape index (κ1) is 16.8. The Labute approximate surface area is 114 Å². The maximum Gasteiger partial charge on any atom is 0.456 e. The number of nitrogens with zero attached hydrogens (tertiary/aromatic N) is 3.